The molecule has 0 N–H and O–H groups in total. The molecule has 0 fully saturated rings. The van der Waals surface area contributed by atoms with Crippen LogP contribution in [-0.4, -0.2) is 15.0 Å². The molecule has 0 saturated heterocycles. The van der Waals surface area contributed by atoms with Crippen molar-refractivity contribution in [2.24, 2.45) is 0 Å². The van der Waals surface area contributed by atoms with Gasteiger partial charge in [0.2, 0.25) is 0 Å². The van der Waals surface area contributed by atoms with E-state index in [9.17, 15) is 0 Å². The number of furan rings is 1. The summed E-state index contributed by atoms with van der Waals surface area (Å²) >= 11 is 0. The van der Waals surface area contributed by atoms with Crippen molar-refractivity contribution in [1.82, 2.24) is 15.0 Å². The Kier molecular flexibility index (Phi) is 6.89. The molecule has 0 unspecified atom stereocenters. The third kappa shape index (κ3) is 4.84. The predicted molar refractivity (Wildman–Crippen MR) is 236 cm³/mol. The quantitative estimate of drug-likeness (QED) is 0.134. The molecule has 12 aromatic rings. The Balaban J connectivity index is 1.12. The third-order valence-corrected chi connectivity index (χ3v) is 11.5. The zero-order valence-electron chi connectivity index (χ0n) is 30.6. The van der Waals surface area contributed by atoms with E-state index in [0.717, 1.165) is 71.1 Å². The van der Waals surface area contributed by atoms with Crippen LogP contribution in [0, 0.1) is 0 Å². The van der Waals surface area contributed by atoms with Crippen LogP contribution in [0.25, 0.3) is 121 Å². The fourth-order valence-electron chi connectivity index (χ4n) is 8.98. The first kappa shape index (κ1) is 31.6. The highest BCUT2D eigenvalue weighted by molar-refractivity contribution is 6.32. The predicted octanol–water partition coefficient (Wildman–Crippen LogP) is 14.2. The molecule has 57 heavy (non-hydrogen) atoms. The molecule has 0 saturated carbocycles. The molecular formula is C53H31N3O. The normalized spacial score (nSPS) is 11.9. The number of rotatable bonds is 4. The summed E-state index contributed by atoms with van der Waals surface area (Å²) in [5.74, 6) is 1.93. The van der Waals surface area contributed by atoms with Crippen LogP contribution in [0.1, 0.15) is 0 Å². The van der Waals surface area contributed by atoms with Gasteiger partial charge in [0.1, 0.15) is 11.2 Å². The average Bonchev–Trinajstić information content (AvgIpc) is 3.66. The monoisotopic (exact) mass is 725 g/mol. The molecule has 0 aliphatic carbocycles. The number of nitrogens with zero attached hydrogens (tertiary/aromatic N) is 3. The van der Waals surface area contributed by atoms with Crippen LogP contribution in [0.4, 0.5) is 0 Å². The smallest absolute Gasteiger partial charge is 0.165 e. The summed E-state index contributed by atoms with van der Waals surface area (Å²) in [5.41, 5.74) is 6.96. The van der Waals surface area contributed by atoms with E-state index in [1.54, 1.807) is 0 Å². The Morgan fingerprint density at radius 2 is 0.702 bits per heavy atom. The lowest BCUT2D eigenvalue weighted by atomic mass is 9.87. The first-order chi connectivity index (χ1) is 28.3. The van der Waals surface area contributed by atoms with Crippen molar-refractivity contribution < 1.29 is 4.42 Å². The largest absolute Gasteiger partial charge is 0.455 e. The van der Waals surface area contributed by atoms with Gasteiger partial charge in [0, 0.05) is 32.8 Å². The van der Waals surface area contributed by atoms with Gasteiger partial charge in [-0.2, -0.15) is 0 Å². The van der Waals surface area contributed by atoms with Crippen LogP contribution in [0.5, 0.6) is 0 Å². The second kappa shape index (κ2) is 12.4. The van der Waals surface area contributed by atoms with Crippen LogP contribution < -0.4 is 0 Å². The van der Waals surface area contributed by atoms with Crippen LogP contribution in [0.3, 0.4) is 0 Å². The maximum Gasteiger partial charge on any atom is 0.165 e. The number of aromatic nitrogens is 3. The van der Waals surface area contributed by atoms with Crippen LogP contribution in [-0.2, 0) is 0 Å². The molecule has 4 nitrogen and oxygen atoms in total. The zero-order chi connectivity index (χ0) is 37.5. The Labute approximate surface area is 327 Å². The van der Waals surface area contributed by atoms with E-state index >= 15 is 0 Å². The molecule has 12 rings (SSSR count). The summed E-state index contributed by atoms with van der Waals surface area (Å²) < 4.78 is 6.84. The third-order valence-electron chi connectivity index (χ3n) is 11.5. The highest BCUT2D eigenvalue weighted by Gasteiger charge is 2.22. The number of hydrogen-bond acceptors (Lipinski definition) is 4. The molecule has 10 aromatic carbocycles. The second-order valence-corrected chi connectivity index (χ2v) is 14.6. The Hall–Kier alpha value is -7.69. The van der Waals surface area contributed by atoms with Gasteiger partial charge in [-0.05, 0) is 77.8 Å². The molecule has 0 bridgehead atoms. The minimum absolute atomic E-state index is 0.641. The summed E-state index contributed by atoms with van der Waals surface area (Å²) in [6.45, 7) is 0. The van der Waals surface area contributed by atoms with Gasteiger partial charge in [0.15, 0.2) is 17.5 Å². The zero-order valence-corrected chi connectivity index (χ0v) is 30.6. The minimum Gasteiger partial charge on any atom is -0.455 e. The van der Waals surface area contributed by atoms with E-state index in [1.165, 1.54) is 32.5 Å². The number of fused-ring (bicyclic) bond motifs is 12. The Morgan fingerprint density at radius 3 is 1.26 bits per heavy atom. The topological polar surface area (TPSA) is 51.8 Å². The first-order valence-electron chi connectivity index (χ1n) is 19.3. The first-order valence-corrected chi connectivity index (χ1v) is 19.3. The Morgan fingerprint density at radius 1 is 0.281 bits per heavy atom. The van der Waals surface area contributed by atoms with Crippen LogP contribution in [0.15, 0.2) is 192 Å². The second-order valence-electron chi connectivity index (χ2n) is 14.6. The van der Waals surface area contributed by atoms with E-state index in [1.807, 2.05) is 36.4 Å². The molecule has 0 spiro atoms. The Bertz CT molecular complexity index is 3420. The van der Waals surface area contributed by atoms with Gasteiger partial charge in [-0.15, -0.1) is 0 Å². The molecule has 0 amide bonds. The van der Waals surface area contributed by atoms with Gasteiger partial charge < -0.3 is 4.42 Å². The summed E-state index contributed by atoms with van der Waals surface area (Å²) in [5, 5.41) is 13.9. The molecular weight excluding hydrogens is 695 g/mol. The molecule has 0 atom stereocenters. The van der Waals surface area contributed by atoms with E-state index in [4.69, 9.17) is 19.4 Å². The molecule has 0 radical (unpaired) electrons. The molecule has 2 aromatic heterocycles. The molecule has 2 heterocycles. The molecule has 0 aliphatic rings. The maximum atomic E-state index is 6.84. The summed E-state index contributed by atoms with van der Waals surface area (Å²) in [6, 6.07) is 66.2. The maximum absolute atomic E-state index is 6.84. The van der Waals surface area contributed by atoms with Crippen molar-refractivity contribution in [1.29, 1.82) is 0 Å². The molecule has 264 valence electrons. The van der Waals surface area contributed by atoms with Crippen molar-refractivity contribution in [3.8, 4) is 45.3 Å². The molecule has 4 heteroatoms. The lowest BCUT2D eigenvalue weighted by molar-refractivity contribution is 0.673. The lowest BCUT2D eigenvalue weighted by Gasteiger charge is -2.17. The minimum atomic E-state index is 0.641. The van der Waals surface area contributed by atoms with Gasteiger partial charge in [0.05, 0.1) is 0 Å². The van der Waals surface area contributed by atoms with Gasteiger partial charge in [-0.3, -0.25) is 0 Å². The van der Waals surface area contributed by atoms with Gasteiger partial charge in [-0.1, -0.05) is 170 Å². The van der Waals surface area contributed by atoms with Crippen molar-refractivity contribution in [3.05, 3.63) is 188 Å². The number of benzene rings is 10. The summed E-state index contributed by atoms with van der Waals surface area (Å²) in [6.07, 6.45) is 0. The van der Waals surface area contributed by atoms with Crippen molar-refractivity contribution >= 4 is 75.8 Å². The fourth-order valence-corrected chi connectivity index (χ4v) is 8.98. The van der Waals surface area contributed by atoms with Crippen molar-refractivity contribution in [2.45, 2.75) is 0 Å². The van der Waals surface area contributed by atoms with E-state index in [0.29, 0.717) is 17.5 Å². The highest BCUT2D eigenvalue weighted by atomic mass is 16.3. The van der Waals surface area contributed by atoms with Crippen molar-refractivity contribution in [3.63, 3.8) is 0 Å². The highest BCUT2D eigenvalue weighted by Crippen LogP contribution is 2.46. The van der Waals surface area contributed by atoms with E-state index in [-0.39, 0.29) is 0 Å². The van der Waals surface area contributed by atoms with Gasteiger partial charge in [-0.25, -0.2) is 15.0 Å². The summed E-state index contributed by atoms with van der Waals surface area (Å²) in [7, 11) is 0. The average molecular weight is 726 g/mol. The molecule has 0 aliphatic heterocycles. The van der Waals surface area contributed by atoms with E-state index in [2.05, 4.69) is 152 Å². The van der Waals surface area contributed by atoms with Gasteiger partial charge in [0.25, 0.3) is 0 Å². The van der Waals surface area contributed by atoms with Gasteiger partial charge >= 0.3 is 0 Å². The van der Waals surface area contributed by atoms with E-state index < -0.39 is 0 Å². The van der Waals surface area contributed by atoms with Crippen LogP contribution in [0.2, 0.25) is 0 Å². The van der Waals surface area contributed by atoms with Crippen molar-refractivity contribution in [2.75, 3.05) is 0 Å². The standard InChI is InChI=1S/C53H31N3O/c1-3-15-32(16-4-1)51-54-52(33-17-5-2-6-18-33)56-53(55-51)49-41-25-13-11-23-39(41)47(40-24-12-14-26-42(40)49)34-27-30-46-45(31-34)44-29-28-43-37-21-8-7-19-35(37)36-20-9-10-22-38(36)48(43)50(44)57-46/h1-31H. The lowest BCUT2D eigenvalue weighted by Crippen LogP contribution is -2.01. The summed E-state index contributed by atoms with van der Waals surface area (Å²) in [4.78, 5) is 15.4. The van der Waals surface area contributed by atoms with Crippen LogP contribution >= 0.6 is 0 Å². The number of hydrogen-bond donors (Lipinski definition) is 0. The SMILES string of the molecule is c1ccc(-c2nc(-c3ccccc3)nc(-c3c4ccccc4c(-c4ccc5oc6c(ccc7c8ccccc8c8ccccc8c76)c5c4)c4ccccc34)n2)cc1. The fraction of sp³-hybridized carbons (Fsp3) is 0.